The Bertz CT molecular complexity index is 927. The Morgan fingerprint density at radius 2 is 1.88 bits per heavy atom. The number of anilines is 1. The fourth-order valence-corrected chi connectivity index (χ4v) is 3.51. The molecular weight excluding hydrogens is 353 g/mol. The average molecular weight is 369 g/mol. The lowest BCUT2D eigenvalue weighted by Gasteiger charge is -2.25. The van der Waals surface area contributed by atoms with E-state index in [0.717, 1.165) is 4.88 Å². The van der Waals surface area contributed by atoms with Gasteiger partial charge < -0.3 is 14.4 Å². The van der Waals surface area contributed by atoms with Crippen LogP contribution in [0.2, 0.25) is 0 Å². The van der Waals surface area contributed by atoms with Crippen molar-refractivity contribution in [2.24, 2.45) is 0 Å². The number of carbonyl (C=O) groups excluding carboxylic acids is 1. The third kappa shape index (κ3) is 3.41. The van der Waals surface area contributed by atoms with E-state index in [1.807, 2.05) is 23.6 Å². The second kappa shape index (κ2) is 7.17. The van der Waals surface area contributed by atoms with Crippen LogP contribution < -0.4 is 14.4 Å². The zero-order chi connectivity index (χ0) is 17.9. The smallest absolute Gasteiger partial charge is 0.258 e. The van der Waals surface area contributed by atoms with Crippen molar-refractivity contribution < 1.29 is 18.7 Å². The Morgan fingerprint density at radius 1 is 1.04 bits per heavy atom. The number of hydrogen-bond acceptors (Lipinski definition) is 4. The van der Waals surface area contributed by atoms with Crippen LogP contribution in [0.4, 0.5) is 10.1 Å². The number of rotatable bonds is 4. The third-order valence-electron chi connectivity index (χ3n) is 4.05. The highest BCUT2D eigenvalue weighted by Crippen LogP contribution is 2.35. The van der Waals surface area contributed by atoms with E-state index in [2.05, 4.69) is 0 Å². The molecule has 4 nitrogen and oxygen atoms in total. The first-order valence-electron chi connectivity index (χ1n) is 8.20. The summed E-state index contributed by atoms with van der Waals surface area (Å²) in [5.41, 5.74) is 0.980. The first kappa shape index (κ1) is 16.6. The molecule has 4 rings (SSSR count). The van der Waals surface area contributed by atoms with Gasteiger partial charge in [0.05, 0.1) is 6.54 Å². The van der Waals surface area contributed by atoms with Crippen molar-refractivity contribution in [1.82, 2.24) is 0 Å². The summed E-state index contributed by atoms with van der Waals surface area (Å²) >= 11 is 1.57. The molecule has 2 aromatic carbocycles. The molecule has 2 heterocycles. The summed E-state index contributed by atoms with van der Waals surface area (Å²) < 4.78 is 24.8. The van der Waals surface area contributed by atoms with E-state index >= 15 is 0 Å². The van der Waals surface area contributed by atoms with E-state index < -0.39 is 5.82 Å². The minimum Gasteiger partial charge on any atom is -0.486 e. The number of amides is 1. The van der Waals surface area contributed by atoms with Crippen molar-refractivity contribution in [2.45, 2.75) is 6.54 Å². The van der Waals surface area contributed by atoms with Gasteiger partial charge in [-0.1, -0.05) is 12.1 Å². The molecule has 0 spiro atoms. The first-order chi connectivity index (χ1) is 12.7. The van der Waals surface area contributed by atoms with Gasteiger partial charge in [0.1, 0.15) is 19.0 Å². The summed E-state index contributed by atoms with van der Waals surface area (Å²) in [5, 5.41) is 1.96. The Kier molecular flexibility index (Phi) is 4.58. The monoisotopic (exact) mass is 369 g/mol. The van der Waals surface area contributed by atoms with Crippen LogP contribution in [-0.4, -0.2) is 19.1 Å². The Labute approximate surface area is 154 Å². The number of fused-ring (bicyclic) bond motifs is 1. The lowest BCUT2D eigenvalue weighted by molar-refractivity contribution is 0.0984. The van der Waals surface area contributed by atoms with Gasteiger partial charge >= 0.3 is 0 Å². The maximum Gasteiger partial charge on any atom is 0.258 e. The highest BCUT2D eigenvalue weighted by molar-refractivity contribution is 7.09. The van der Waals surface area contributed by atoms with Crippen LogP contribution in [0.1, 0.15) is 15.2 Å². The number of ether oxygens (including phenoxy) is 2. The largest absolute Gasteiger partial charge is 0.486 e. The van der Waals surface area contributed by atoms with Gasteiger partial charge in [0, 0.05) is 22.2 Å². The Hall–Kier alpha value is -2.86. The minimum atomic E-state index is -0.436. The summed E-state index contributed by atoms with van der Waals surface area (Å²) in [6.45, 7) is 1.37. The van der Waals surface area contributed by atoms with Gasteiger partial charge in [0.2, 0.25) is 0 Å². The first-order valence-corrected chi connectivity index (χ1v) is 9.08. The van der Waals surface area contributed by atoms with E-state index in [9.17, 15) is 9.18 Å². The SMILES string of the molecule is O=C(c1cccc(F)c1)N(Cc1cccs1)c1ccc2c(c1)OCCO2. The second-order valence-corrected chi connectivity index (χ2v) is 6.84. The summed E-state index contributed by atoms with van der Waals surface area (Å²) in [6, 6.07) is 15.0. The van der Waals surface area contributed by atoms with Crippen LogP contribution in [-0.2, 0) is 6.54 Å². The second-order valence-electron chi connectivity index (χ2n) is 5.81. The Morgan fingerprint density at radius 3 is 2.65 bits per heavy atom. The molecule has 0 fully saturated rings. The van der Waals surface area contributed by atoms with Gasteiger partial charge in [-0.25, -0.2) is 4.39 Å². The van der Waals surface area contributed by atoms with Crippen molar-refractivity contribution >= 4 is 22.9 Å². The van der Waals surface area contributed by atoms with Crippen LogP contribution in [0.15, 0.2) is 60.0 Å². The van der Waals surface area contributed by atoms with Crippen molar-refractivity contribution in [1.29, 1.82) is 0 Å². The van der Waals surface area contributed by atoms with Gasteiger partial charge in [-0.2, -0.15) is 0 Å². The summed E-state index contributed by atoms with van der Waals surface area (Å²) in [7, 11) is 0. The molecule has 0 saturated carbocycles. The molecule has 6 heteroatoms. The topological polar surface area (TPSA) is 38.8 Å². The number of benzene rings is 2. The van der Waals surface area contributed by atoms with E-state index in [4.69, 9.17) is 9.47 Å². The zero-order valence-corrected chi connectivity index (χ0v) is 14.7. The van der Waals surface area contributed by atoms with Crippen molar-refractivity contribution in [3.05, 3.63) is 76.2 Å². The number of thiophene rings is 1. The number of hydrogen-bond donors (Lipinski definition) is 0. The Balaban J connectivity index is 1.72. The number of nitrogens with zero attached hydrogens (tertiary/aromatic N) is 1. The molecule has 1 aliphatic rings. The number of carbonyl (C=O) groups is 1. The molecule has 1 aliphatic heterocycles. The molecule has 0 saturated heterocycles. The normalized spacial score (nSPS) is 12.7. The van der Waals surface area contributed by atoms with Gasteiger partial charge in [-0.3, -0.25) is 4.79 Å². The van der Waals surface area contributed by atoms with E-state index in [1.165, 1.54) is 18.2 Å². The third-order valence-corrected chi connectivity index (χ3v) is 4.91. The quantitative estimate of drug-likeness (QED) is 0.679. The number of halogens is 1. The molecule has 26 heavy (non-hydrogen) atoms. The van der Waals surface area contributed by atoms with Crippen molar-refractivity contribution in [3.63, 3.8) is 0 Å². The lowest BCUT2D eigenvalue weighted by atomic mass is 10.1. The summed E-state index contributed by atoms with van der Waals surface area (Å²) in [4.78, 5) is 15.7. The lowest BCUT2D eigenvalue weighted by Crippen LogP contribution is -2.30. The molecule has 132 valence electrons. The predicted octanol–water partition coefficient (Wildman–Crippen LogP) is 4.51. The van der Waals surface area contributed by atoms with Crippen molar-refractivity contribution in [3.8, 4) is 11.5 Å². The molecule has 1 aromatic heterocycles. The van der Waals surface area contributed by atoms with Gasteiger partial charge in [0.15, 0.2) is 11.5 Å². The van der Waals surface area contributed by atoms with Crippen LogP contribution in [0.3, 0.4) is 0 Å². The van der Waals surface area contributed by atoms with Gasteiger partial charge in [-0.05, 0) is 41.8 Å². The zero-order valence-electron chi connectivity index (χ0n) is 13.9. The summed E-state index contributed by atoms with van der Waals surface area (Å²) in [6.07, 6.45) is 0. The minimum absolute atomic E-state index is 0.269. The van der Waals surface area contributed by atoms with Gasteiger partial charge in [0.25, 0.3) is 5.91 Å². The van der Waals surface area contributed by atoms with Gasteiger partial charge in [-0.15, -0.1) is 11.3 Å². The molecule has 1 amide bonds. The molecule has 0 unspecified atom stereocenters. The van der Waals surface area contributed by atoms with E-state index in [0.29, 0.717) is 42.5 Å². The van der Waals surface area contributed by atoms with Crippen molar-refractivity contribution in [2.75, 3.05) is 18.1 Å². The molecule has 0 N–H and O–H groups in total. The average Bonchev–Trinajstić information content (AvgIpc) is 3.18. The fraction of sp³-hybridized carbons (Fsp3) is 0.150. The molecule has 0 radical (unpaired) electrons. The highest BCUT2D eigenvalue weighted by atomic mass is 32.1. The summed E-state index contributed by atoms with van der Waals surface area (Å²) in [5.74, 6) is 0.565. The fourth-order valence-electron chi connectivity index (χ4n) is 2.82. The van der Waals surface area contributed by atoms with Crippen LogP contribution >= 0.6 is 11.3 Å². The van der Waals surface area contributed by atoms with Crippen LogP contribution in [0, 0.1) is 5.82 Å². The van der Waals surface area contributed by atoms with Crippen LogP contribution in [0.25, 0.3) is 0 Å². The molecular formula is C20H16FNO3S. The van der Waals surface area contributed by atoms with Crippen LogP contribution in [0.5, 0.6) is 11.5 Å². The molecule has 3 aromatic rings. The maximum absolute atomic E-state index is 13.6. The highest BCUT2D eigenvalue weighted by Gasteiger charge is 2.22. The maximum atomic E-state index is 13.6. The predicted molar refractivity (Wildman–Crippen MR) is 98.7 cm³/mol. The molecule has 0 atom stereocenters. The standard InChI is InChI=1S/C20H16FNO3S/c21-15-4-1-3-14(11-15)20(23)22(13-17-5-2-10-26-17)16-6-7-18-19(12-16)25-9-8-24-18/h1-7,10-12H,8-9,13H2. The van der Waals surface area contributed by atoms with E-state index in [-0.39, 0.29) is 5.91 Å². The molecule has 0 bridgehead atoms. The molecule has 0 aliphatic carbocycles. The van der Waals surface area contributed by atoms with E-state index in [1.54, 1.807) is 34.4 Å².